The maximum atomic E-state index is 10.2. The van der Waals surface area contributed by atoms with Crippen LogP contribution in [-0.2, 0) is 4.57 Å². The lowest BCUT2D eigenvalue weighted by molar-refractivity contribution is 0.586. The molecule has 0 amide bonds. The molecule has 1 nitrogen and oxygen atoms in total. The van der Waals surface area contributed by atoms with Crippen molar-refractivity contribution in [2.45, 2.75) is 0 Å². The molecule has 0 saturated carbocycles. The van der Waals surface area contributed by atoms with E-state index in [0.29, 0.717) is 0 Å². The molecule has 0 aliphatic carbocycles. The van der Waals surface area contributed by atoms with E-state index in [2.05, 4.69) is 0 Å². The molecule has 0 aromatic rings. The molecule has 0 aliphatic rings. The summed E-state index contributed by atoms with van der Waals surface area (Å²) in [5.41, 5.74) is 0. The molecule has 6 heavy (non-hydrogen) atoms. The van der Waals surface area contributed by atoms with E-state index in [9.17, 15) is 4.57 Å². The van der Waals surface area contributed by atoms with Gasteiger partial charge in [-0.25, -0.2) is 0 Å². The van der Waals surface area contributed by atoms with Gasteiger partial charge in [-0.05, 0) is 20.0 Å². The summed E-state index contributed by atoms with van der Waals surface area (Å²) in [6.07, 6.45) is 0. The molecule has 0 aromatic carbocycles. The van der Waals surface area contributed by atoms with Crippen molar-refractivity contribution in [3.63, 3.8) is 0 Å². The second-order valence-electron chi connectivity index (χ2n) is 1.89. The second-order valence-corrected chi connectivity index (χ2v) is 5.67. The van der Waals surface area contributed by atoms with E-state index in [0.717, 1.165) is 0 Å². The van der Waals surface area contributed by atoms with Crippen LogP contribution in [0.15, 0.2) is 0 Å². The molecule has 0 N–H and O–H groups in total. The van der Waals surface area contributed by atoms with Gasteiger partial charge in [0.25, 0.3) is 0 Å². The predicted molar refractivity (Wildman–Crippen MR) is 27.9 cm³/mol. The van der Waals surface area contributed by atoms with Gasteiger partial charge in [-0.3, -0.25) is 4.70 Å². The van der Waals surface area contributed by atoms with Gasteiger partial charge in [0.1, 0.15) is 0 Å². The molecule has 0 bridgehead atoms. The Bertz CT molecular complexity index is 56.9. The molecule has 0 aromatic heterocycles. The Labute approximate surface area is 37.5 Å². The maximum Gasteiger partial charge on any atom is 0.0790 e. The number of rotatable bonds is 0. The summed E-state index contributed by atoms with van der Waals surface area (Å²) in [6, 6.07) is 0. The van der Waals surface area contributed by atoms with Gasteiger partial charge in [0.2, 0.25) is 0 Å². The van der Waals surface area contributed by atoms with E-state index < -0.39 is 7.14 Å². The summed E-state index contributed by atoms with van der Waals surface area (Å²) in [5, 5.41) is 0. The van der Waals surface area contributed by atoms with Crippen LogP contribution >= 0.6 is 7.14 Å². The third kappa shape index (κ3) is 1620. The highest BCUT2D eigenvalue weighted by Gasteiger charge is 1.89. The lowest BCUT2D eigenvalue weighted by Crippen LogP contribution is -1.61. The largest absolute Gasteiger partial charge is 0.324 e. The van der Waals surface area contributed by atoms with Crippen molar-refractivity contribution >= 4 is 7.14 Å². The smallest absolute Gasteiger partial charge is 0.0790 e. The van der Waals surface area contributed by atoms with Gasteiger partial charge in [0, 0.05) is 0 Å². The SMILES string of the molecule is CP(C)(C)=O.F. The number of hydrogen-bond donors (Lipinski definition) is 0. The van der Waals surface area contributed by atoms with Crippen LogP contribution in [0.5, 0.6) is 0 Å². The summed E-state index contributed by atoms with van der Waals surface area (Å²) in [4.78, 5) is 0. The molecule has 0 aliphatic heterocycles. The monoisotopic (exact) mass is 112 g/mol. The Hall–Kier alpha value is 0.160. The molecule has 0 unspecified atom stereocenters. The van der Waals surface area contributed by atoms with Gasteiger partial charge >= 0.3 is 0 Å². The summed E-state index contributed by atoms with van der Waals surface area (Å²) in [7, 11) is -1.64. The predicted octanol–water partition coefficient (Wildman–Crippen LogP) is 1.39. The molecule has 0 atom stereocenters. The first-order chi connectivity index (χ1) is 2.00. The number of hydrogen-bond acceptors (Lipinski definition) is 1. The first-order valence-electron chi connectivity index (χ1n) is 1.52. The molecule has 0 radical (unpaired) electrons. The highest BCUT2D eigenvalue weighted by Crippen LogP contribution is 2.28. The van der Waals surface area contributed by atoms with E-state index in [1.165, 1.54) is 0 Å². The highest BCUT2D eigenvalue weighted by atomic mass is 31.2. The Morgan fingerprint density at radius 1 is 1.17 bits per heavy atom. The molecule has 40 valence electrons. The van der Waals surface area contributed by atoms with Crippen LogP contribution in [0, 0.1) is 0 Å². The Balaban J connectivity index is 0. The fourth-order valence-corrected chi connectivity index (χ4v) is 0. The lowest BCUT2D eigenvalue weighted by Gasteiger charge is -1.86. The van der Waals surface area contributed by atoms with E-state index in [1.54, 1.807) is 20.0 Å². The highest BCUT2D eigenvalue weighted by molar-refractivity contribution is 7.61. The van der Waals surface area contributed by atoms with Gasteiger partial charge in [-0.1, -0.05) is 0 Å². The van der Waals surface area contributed by atoms with Crippen LogP contribution in [0.25, 0.3) is 0 Å². The average Bonchev–Trinajstić information content (AvgIpc) is 0.722. The van der Waals surface area contributed by atoms with Crippen LogP contribution < -0.4 is 0 Å². The van der Waals surface area contributed by atoms with Gasteiger partial charge in [-0.2, -0.15) is 0 Å². The molecule has 0 spiro atoms. The van der Waals surface area contributed by atoms with Crippen molar-refractivity contribution < 1.29 is 9.27 Å². The average molecular weight is 112 g/mol. The summed E-state index contributed by atoms with van der Waals surface area (Å²) in [5.74, 6) is 0. The van der Waals surface area contributed by atoms with Crippen molar-refractivity contribution in [3.05, 3.63) is 0 Å². The maximum absolute atomic E-state index is 10.2. The molecule has 3 heteroatoms. The van der Waals surface area contributed by atoms with Crippen molar-refractivity contribution in [1.29, 1.82) is 0 Å². The van der Waals surface area contributed by atoms with Crippen molar-refractivity contribution in [2.75, 3.05) is 20.0 Å². The standard InChI is InChI=1S/C3H9OP.FH/c1-5(2,3)4;/h1-3H3;1H. The van der Waals surface area contributed by atoms with Crippen molar-refractivity contribution in [2.24, 2.45) is 0 Å². The van der Waals surface area contributed by atoms with Gasteiger partial charge in [0.05, 0.1) is 7.14 Å². The molecular weight excluding hydrogens is 102 g/mol. The van der Waals surface area contributed by atoms with E-state index in [1.807, 2.05) is 0 Å². The van der Waals surface area contributed by atoms with Crippen LogP contribution in [0.1, 0.15) is 0 Å². The van der Waals surface area contributed by atoms with Crippen LogP contribution in [0.4, 0.5) is 4.70 Å². The number of halogens is 1. The molecular formula is C3H10FOP. The molecule has 0 heterocycles. The van der Waals surface area contributed by atoms with Gasteiger partial charge in [-0.15, -0.1) is 0 Å². The van der Waals surface area contributed by atoms with E-state index in [4.69, 9.17) is 0 Å². The first kappa shape index (κ1) is 9.48. The molecule has 0 fully saturated rings. The van der Waals surface area contributed by atoms with Gasteiger partial charge in [0.15, 0.2) is 0 Å². The molecule has 0 rings (SSSR count). The lowest BCUT2D eigenvalue weighted by atomic mass is 11.9. The summed E-state index contributed by atoms with van der Waals surface area (Å²) in [6.45, 7) is 5.23. The molecule has 0 saturated heterocycles. The minimum Gasteiger partial charge on any atom is -0.324 e. The quantitative estimate of drug-likeness (QED) is 0.433. The normalized spacial score (nSPS) is 9.83. The third-order valence-electron chi connectivity index (χ3n) is 0. The fraction of sp³-hybridized carbons (Fsp3) is 1.00. The van der Waals surface area contributed by atoms with E-state index >= 15 is 0 Å². The summed E-state index contributed by atoms with van der Waals surface area (Å²) < 4.78 is 10.2. The Morgan fingerprint density at radius 2 is 1.17 bits per heavy atom. The van der Waals surface area contributed by atoms with E-state index in [-0.39, 0.29) is 4.70 Å². The zero-order valence-electron chi connectivity index (χ0n) is 4.26. The minimum atomic E-state index is -1.64. The summed E-state index contributed by atoms with van der Waals surface area (Å²) >= 11 is 0. The Kier molecular flexibility index (Phi) is 3.72. The van der Waals surface area contributed by atoms with Crippen LogP contribution in [0.3, 0.4) is 0 Å². The van der Waals surface area contributed by atoms with Crippen molar-refractivity contribution in [1.82, 2.24) is 0 Å². The zero-order chi connectivity index (χ0) is 4.50. The Morgan fingerprint density at radius 3 is 1.17 bits per heavy atom. The topological polar surface area (TPSA) is 17.1 Å². The van der Waals surface area contributed by atoms with Crippen molar-refractivity contribution in [3.8, 4) is 0 Å². The zero-order valence-corrected chi connectivity index (χ0v) is 5.16. The first-order valence-corrected chi connectivity index (χ1v) is 4.57. The minimum absolute atomic E-state index is 0. The van der Waals surface area contributed by atoms with Crippen LogP contribution in [0.2, 0.25) is 0 Å². The third-order valence-corrected chi connectivity index (χ3v) is 0. The fourth-order valence-electron chi connectivity index (χ4n) is 0. The van der Waals surface area contributed by atoms with Gasteiger partial charge < -0.3 is 4.57 Å². The van der Waals surface area contributed by atoms with Crippen LogP contribution in [-0.4, -0.2) is 20.0 Å². The second kappa shape index (κ2) is 2.35.